The molecule has 0 saturated heterocycles. The van der Waals surface area contributed by atoms with Crippen LogP contribution in [0.5, 0.6) is 0 Å². The van der Waals surface area contributed by atoms with Crippen LogP contribution in [0.25, 0.3) is 0 Å². The molecule has 0 aromatic heterocycles. The second-order valence-corrected chi connectivity index (χ2v) is 4.63. The highest BCUT2D eigenvalue weighted by Gasteiger charge is 2.48. The molecule has 0 spiro atoms. The fraction of sp³-hybridized carbons (Fsp3) is 0.800. The van der Waals surface area contributed by atoms with Gasteiger partial charge in [0.2, 0.25) is 5.91 Å². The Bertz CT molecular complexity index is 291. The predicted molar refractivity (Wildman–Crippen MR) is 58.7 cm³/mol. The average Bonchev–Trinajstić information content (AvgIpc) is 2.15. The number of nitrogens with two attached hydrogens (primary N) is 1. The zero-order chi connectivity index (χ0) is 12.3. The van der Waals surface area contributed by atoms with Crippen LogP contribution in [0.4, 0.5) is 4.79 Å². The SMILES string of the molecule is COC1CC(NCC(=O)NC(N)=O)C1(C)C. The number of carbonyl (C=O) groups is 2. The molecule has 0 bridgehead atoms. The summed E-state index contributed by atoms with van der Waals surface area (Å²) in [5, 5.41) is 5.08. The highest BCUT2D eigenvalue weighted by atomic mass is 16.5. The predicted octanol–water partition coefficient (Wildman–Crippen LogP) is -0.416. The molecule has 3 amide bonds. The molecule has 1 aliphatic carbocycles. The number of nitrogens with one attached hydrogen (secondary N) is 2. The summed E-state index contributed by atoms with van der Waals surface area (Å²) < 4.78 is 5.29. The van der Waals surface area contributed by atoms with Gasteiger partial charge in [-0.25, -0.2) is 4.79 Å². The molecule has 4 N–H and O–H groups in total. The molecule has 2 unspecified atom stereocenters. The van der Waals surface area contributed by atoms with Crippen molar-refractivity contribution in [3.8, 4) is 0 Å². The maximum absolute atomic E-state index is 11.2. The summed E-state index contributed by atoms with van der Waals surface area (Å²) in [6, 6.07) is -0.606. The van der Waals surface area contributed by atoms with Crippen molar-refractivity contribution in [2.75, 3.05) is 13.7 Å². The van der Waals surface area contributed by atoms with Gasteiger partial charge in [-0.1, -0.05) is 13.8 Å². The first-order valence-electron chi connectivity index (χ1n) is 5.23. The summed E-state index contributed by atoms with van der Waals surface area (Å²) in [6.07, 6.45) is 1.08. The van der Waals surface area contributed by atoms with Gasteiger partial charge in [-0.05, 0) is 6.42 Å². The topological polar surface area (TPSA) is 93.4 Å². The van der Waals surface area contributed by atoms with Crippen LogP contribution in [0, 0.1) is 5.41 Å². The largest absolute Gasteiger partial charge is 0.381 e. The van der Waals surface area contributed by atoms with Crippen LogP contribution in [0.3, 0.4) is 0 Å². The lowest BCUT2D eigenvalue weighted by atomic mass is 9.64. The van der Waals surface area contributed by atoms with E-state index in [1.807, 2.05) is 5.32 Å². The van der Waals surface area contributed by atoms with Gasteiger partial charge in [0.25, 0.3) is 0 Å². The number of hydrogen-bond donors (Lipinski definition) is 3. The lowest BCUT2D eigenvalue weighted by molar-refractivity contribution is -0.122. The molecule has 0 radical (unpaired) electrons. The van der Waals surface area contributed by atoms with Crippen molar-refractivity contribution in [2.45, 2.75) is 32.4 Å². The van der Waals surface area contributed by atoms with Gasteiger partial charge >= 0.3 is 6.03 Å². The minimum atomic E-state index is -0.825. The molecule has 0 aromatic carbocycles. The molecular formula is C10H19N3O3. The second-order valence-electron chi connectivity index (χ2n) is 4.63. The van der Waals surface area contributed by atoms with E-state index in [4.69, 9.17) is 10.5 Å². The molecule has 1 aliphatic rings. The standard InChI is InChI=1S/C10H19N3O3/c1-10(2)6(4-7(10)16-3)12-5-8(14)13-9(11)15/h6-7,12H,4-5H2,1-3H3,(H3,11,13,14,15). The Kier molecular flexibility index (Phi) is 3.88. The molecule has 92 valence electrons. The Labute approximate surface area is 94.9 Å². The van der Waals surface area contributed by atoms with E-state index in [0.29, 0.717) is 0 Å². The van der Waals surface area contributed by atoms with Crippen LogP contribution >= 0.6 is 0 Å². The molecule has 0 heterocycles. The third-order valence-corrected chi connectivity index (χ3v) is 3.23. The van der Waals surface area contributed by atoms with Gasteiger partial charge in [0.15, 0.2) is 0 Å². The van der Waals surface area contributed by atoms with Crippen LogP contribution in [0.1, 0.15) is 20.3 Å². The molecule has 0 aromatic rings. The molecule has 1 saturated carbocycles. The maximum atomic E-state index is 11.2. The molecule has 6 nitrogen and oxygen atoms in total. The number of imide groups is 1. The van der Waals surface area contributed by atoms with Gasteiger partial charge < -0.3 is 15.8 Å². The fourth-order valence-electron chi connectivity index (χ4n) is 2.03. The number of ether oxygens (including phenoxy) is 1. The number of urea groups is 1. The van der Waals surface area contributed by atoms with E-state index >= 15 is 0 Å². The first-order chi connectivity index (χ1) is 7.37. The Morgan fingerprint density at radius 3 is 2.56 bits per heavy atom. The second kappa shape index (κ2) is 4.80. The van der Waals surface area contributed by atoms with E-state index in [0.717, 1.165) is 6.42 Å². The molecular weight excluding hydrogens is 210 g/mol. The van der Waals surface area contributed by atoms with Crippen molar-refractivity contribution in [2.24, 2.45) is 11.1 Å². The van der Waals surface area contributed by atoms with Crippen LogP contribution in [-0.4, -0.2) is 37.7 Å². The van der Waals surface area contributed by atoms with Gasteiger partial charge in [-0.15, -0.1) is 0 Å². The molecule has 1 fully saturated rings. The molecule has 1 rings (SSSR count). The van der Waals surface area contributed by atoms with Gasteiger partial charge in [0, 0.05) is 18.6 Å². The van der Waals surface area contributed by atoms with E-state index < -0.39 is 11.9 Å². The van der Waals surface area contributed by atoms with E-state index in [9.17, 15) is 9.59 Å². The Morgan fingerprint density at radius 1 is 1.50 bits per heavy atom. The van der Waals surface area contributed by atoms with Crippen LogP contribution in [0.2, 0.25) is 0 Å². The van der Waals surface area contributed by atoms with E-state index in [1.165, 1.54) is 0 Å². The summed E-state index contributed by atoms with van der Waals surface area (Å²) >= 11 is 0. The lowest BCUT2D eigenvalue weighted by Crippen LogP contribution is -2.61. The van der Waals surface area contributed by atoms with Crippen molar-refractivity contribution in [3.63, 3.8) is 0 Å². The van der Waals surface area contributed by atoms with Crippen LogP contribution < -0.4 is 16.4 Å². The Hall–Kier alpha value is -1.14. The number of carbonyl (C=O) groups excluding carboxylic acids is 2. The number of primary amides is 1. The molecule has 16 heavy (non-hydrogen) atoms. The summed E-state index contributed by atoms with van der Waals surface area (Å²) in [6.45, 7) is 4.25. The normalized spacial score (nSPS) is 26.9. The van der Waals surface area contributed by atoms with Crippen molar-refractivity contribution in [3.05, 3.63) is 0 Å². The first kappa shape index (κ1) is 12.9. The monoisotopic (exact) mass is 229 g/mol. The molecule has 0 aliphatic heterocycles. The summed E-state index contributed by atoms with van der Waals surface area (Å²) in [7, 11) is 1.68. The highest BCUT2D eigenvalue weighted by molar-refractivity contribution is 5.94. The molecule has 6 heteroatoms. The van der Waals surface area contributed by atoms with Gasteiger partial charge in [-0.2, -0.15) is 0 Å². The van der Waals surface area contributed by atoms with Crippen molar-refractivity contribution in [1.29, 1.82) is 0 Å². The average molecular weight is 229 g/mol. The lowest BCUT2D eigenvalue weighted by Gasteiger charge is -2.51. The summed E-state index contributed by atoms with van der Waals surface area (Å²) in [4.78, 5) is 21.6. The van der Waals surface area contributed by atoms with E-state index in [-0.39, 0.29) is 24.1 Å². The van der Waals surface area contributed by atoms with Gasteiger partial charge in [0.1, 0.15) is 0 Å². The third kappa shape index (κ3) is 2.70. The van der Waals surface area contributed by atoms with E-state index in [2.05, 4.69) is 19.2 Å². The summed E-state index contributed by atoms with van der Waals surface area (Å²) in [5.74, 6) is -0.413. The number of hydrogen-bond acceptors (Lipinski definition) is 4. The first-order valence-corrected chi connectivity index (χ1v) is 5.23. The minimum Gasteiger partial charge on any atom is -0.381 e. The smallest absolute Gasteiger partial charge is 0.318 e. The van der Waals surface area contributed by atoms with Crippen molar-refractivity contribution in [1.82, 2.24) is 10.6 Å². The van der Waals surface area contributed by atoms with Crippen LogP contribution in [-0.2, 0) is 9.53 Å². The van der Waals surface area contributed by atoms with Gasteiger partial charge in [-0.3, -0.25) is 10.1 Å². The quantitative estimate of drug-likeness (QED) is 0.610. The highest BCUT2D eigenvalue weighted by Crippen LogP contribution is 2.42. The fourth-order valence-corrected chi connectivity index (χ4v) is 2.03. The van der Waals surface area contributed by atoms with Crippen molar-refractivity contribution < 1.29 is 14.3 Å². The Balaban J connectivity index is 2.30. The van der Waals surface area contributed by atoms with Gasteiger partial charge in [0.05, 0.1) is 12.6 Å². The van der Waals surface area contributed by atoms with Crippen molar-refractivity contribution >= 4 is 11.9 Å². The Morgan fingerprint density at radius 2 is 2.12 bits per heavy atom. The number of rotatable bonds is 4. The maximum Gasteiger partial charge on any atom is 0.318 e. The minimum absolute atomic E-state index is 0.00174. The van der Waals surface area contributed by atoms with E-state index in [1.54, 1.807) is 7.11 Å². The molecule has 2 atom stereocenters. The number of amides is 3. The third-order valence-electron chi connectivity index (χ3n) is 3.23. The zero-order valence-electron chi connectivity index (χ0n) is 9.87. The summed E-state index contributed by atoms with van der Waals surface area (Å²) in [5.41, 5.74) is 4.83. The van der Waals surface area contributed by atoms with Crippen LogP contribution in [0.15, 0.2) is 0 Å². The number of methoxy groups -OCH3 is 1. The zero-order valence-corrected chi connectivity index (χ0v) is 9.87.